The molecule has 1 aliphatic heterocycles. The van der Waals surface area contributed by atoms with Crippen LogP contribution in [0.25, 0.3) is 0 Å². The molecule has 0 aromatic heterocycles. The highest BCUT2D eigenvalue weighted by molar-refractivity contribution is 5.22. The zero-order valence-electron chi connectivity index (χ0n) is 8.82. The minimum Gasteiger partial charge on any atom is -0.371 e. The van der Waals surface area contributed by atoms with Crippen LogP contribution >= 0.6 is 0 Å². The minimum absolute atomic E-state index is 0.828. The van der Waals surface area contributed by atoms with E-state index in [0.29, 0.717) is 0 Å². The van der Waals surface area contributed by atoms with Crippen LogP contribution in [-0.4, -0.2) is 36.2 Å². The second kappa shape index (κ2) is 4.31. The van der Waals surface area contributed by atoms with E-state index < -0.39 is 5.72 Å². The molecule has 3 nitrogen and oxygen atoms in total. The lowest BCUT2D eigenvalue weighted by molar-refractivity contribution is -0.0822. The van der Waals surface area contributed by atoms with Crippen molar-refractivity contribution in [3.63, 3.8) is 0 Å². The van der Waals surface area contributed by atoms with E-state index in [1.54, 1.807) is 0 Å². The largest absolute Gasteiger partial charge is 0.371 e. The number of piperazine rings is 1. The van der Waals surface area contributed by atoms with Crippen LogP contribution in [0.15, 0.2) is 30.3 Å². The summed E-state index contributed by atoms with van der Waals surface area (Å²) in [7, 11) is 0. The average Bonchev–Trinajstić information content (AvgIpc) is 2.31. The SMILES string of the molecule is [CH2]C(O)(c1ccccc1)N1CCNCC1. The lowest BCUT2D eigenvalue weighted by Gasteiger charge is -2.39. The van der Waals surface area contributed by atoms with Gasteiger partial charge in [-0.3, -0.25) is 4.90 Å². The van der Waals surface area contributed by atoms with Gasteiger partial charge in [-0.05, 0) is 12.5 Å². The summed E-state index contributed by atoms with van der Waals surface area (Å²) < 4.78 is 0. The molecule has 15 heavy (non-hydrogen) atoms. The van der Waals surface area contributed by atoms with Gasteiger partial charge in [0.05, 0.1) is 0 Å². The summed E-state index contributed by atoms with van der Waals surface area (Å²) in [4.78, 5) is 2.00. The maximum Gasteiger partial charge on any atom is 0.144 e. The van der Waals surface area contributed by atoms with Crippen molar-refractivity contribution in [2.75, 3.05) is 26.2 Å². The van der Waals surface area contributed by atoms with Crippen molar-refractivity contribution in [2.45, 2.75) is 5.72 Å². The zero-order valence-corrected chi connectivity index (χ0v) is 8.82. The zero-order chi connectivity index (χ0) is 10.7. The first-order valence-electron chi connectivity index (χ1n) is 5.30. The number of aliphatic hydroxyl groups is 1. The molecule has 0 aliphatic carbocycles. The molecular formula is C12H17N2O. The smallest absolute Gasteiger partial charge is 0.144 e. The highest BCUT2D eigenvalue weighted by atomic mass is 16.3. The molecule has 1 fully saturated rings. The predicted octanol–water partition coefficient (Wildman–Crippen LogP) is 0.571. The molecule has 3 heteroatoms. The van der Waals surface area contributed by atoms with Gasteiger partial charge in [0.1, 0.15) is 5.72 Å². The van der Waals surface area contributed by atoms with Crippen LogP contribution in [-0.2, 0) is 5.72 Å². The van der Waals surface area contributed by atoms with Gasteiger partial charge in [-0.1, -0.05) is 30.3 Å². The van der Waals surface area contributed by atoms with E-state index in [0.717, 1.165) is 31.7 Å². The average molecular weight is 205 g/mol. The molecule has 0 amide bonds. The Morgan fingerprint density at radius 2 is 1.80 bits per heavy atom. The van der Waals surface area contributed by atoms with Gasteiger partial charge in [-0.2, -0.15) is 0 Å². The Bertz CT molecular complexity index is 305. The fraction of sp³-hybridized carbons (Fsp3) is 0.417. The monoisotopic (exact) mass is 205 g/mol. The normalized spacial score (nSPS) is 22.3. The van der Waals surface area contributed by atoms with Crippen LogP contribution < -0.4 is 5.32 Å². The Morgan fingerprint density at radius 1 is 1.20 bits per heavy atom. The third-order valence-corrected chi connectivity index (χ3v) is 2.88. The van der Waals surface area contributed by atoms with Gasteiger partial charge in [-0.15, -0.1) is 0 Å². The summed E-state index contributed by atoms with van der Waals surface area (Å²) in [5.41, 5.74) is -0.240. The van der Waals surface area contributed by atoms with E-state index in [2.05, 4.69) is 12.2 Å². The lowest BCUT2D eigenvalue weighted by atomic mass is 10.0. The van der Waals surface area contributed by atoms with Crippen molar-refractivity contribution < 1.29 is 5.11 Å². The van der Waals surface area contributed by atoms with E-state index in [1.165, 1.54) is 0 Å². The number of nitrogens with zero attached hydrogens (tertiary/aromatic N) is 1. The number of nitrogens with one attached hydrogen (secondary N) is 1. The van der Waals surface area contributed by atoms with Crippen LogP contribution in [0.5, 0.6) is 0 Å². The molecule has 1 aromatic carbocycles. The molecule has 1 aliphatic rings. The van der Waals surface area contributed by atoms with E-state index in [1.807, 2.05) is 35.2 Å². The van der Waals surface area contributed by atoms with E-state index in [9.17, 15) is 5.11 Å². The Balaban J connectivity index is 2.18. The Hall–Kier alpha value is -0.900. The molecule has 1 radical (unpaired) electrons. The van der Waals surface area contributed by atoms with Crippen molar-refractivity contribution in [2.24, 2.45) is 0 Å². The summed E-state index contributed by atoms with van der Waals surface area (Å²) in [5, 5.41) is 13.7. The van der Waals surface area contributed by atoms with Crippen molar-refractivity contribution in [3.8, 4) is 0 Å². The number of hydrogen-bond donors (Lipinski definition) is 2. The van der Waals surface area contributed by atoms with Gasteiger partial charge in [-0.25, -0.2) is 0 Å². The second-order valence-electron chi connectivity index (χ2n) is 3.92. The molecule has 1 unspecified atom stereocenters. The number of rotatable bonds is 2. The number of benzene rings is 1. The second-order valence-corrected chi connectivity index (χ2v) is 3.92. The Labute approximate surface area is 90.7 Å². The van der Waals surface area contributed by atoms with Gasteiger partial charge in [0.2, 0.25) is 0 Å². The van der Waals surface area contributed by atoms with E-state index in [4.69, 9.17) is 0 Å². The highest BCUT2D eigenvalue weighted by Crippen LogP contribution is 2.24. The third kappa shape index (κ3) is 2.20. The molecule has 0 spiro atoms. The van der Waals surface area contributed by atoms with E-state index >= 15 is 0 Å². The molecule has 1 saturated heterocycles. The van der Waals surface area contributed by atoms with Gasteiger partial charge in [0, 0.05) is 26.2 Å². The minimum atomic E-state index is -1.09. The first-order chi connectivity index (χ1) is 7.21. The summed E-state index contributed by atoms with van der Waals surface area (Å²) in [5.74, 6) is 0. The van der Waals surface area contributed by atoms with Gasteiger partial charge >= 0.3 is 0 Å². The first-order valence-corrected chi connectivity index (χ1v) is 5.30. The van der Waals surface area contributed by atoms with Crippen molar-refractivity contribution in [1.29, 1.82) is 0 Å². The maximum atomic E-state index is 10.4. The fourth-order valence-corrected chi connectivity index (χ4v) is 1.92. The van der Waals surface area contributed by atoms with Crippen LogP contribution in [0.2, 0.25) is 0 Å². The summed E-state index contributed by atoms with van der Waals surface area (Å²) in [6.45, 7) is 7.39. The molecule has 2 rings (SSSR count). The van der Waals surface area contributed by atoms with Crippen LogP contribution in [0, 0.1) is 6.92 Å². The van der Waals surface area contributed by atoms with Crippen molar-refractivity contribution >= 4 is 0 Å². The molecular weight excluding hydrogens is 188 g/mol. The molecule has 0 saturated carbocycles. The topological polar surface area (TPSA) is 35.5 Å². The molecule has 1 atom stereocenters. The van der Waals surface area contributed by atoms with E-state index in [-0.39, 0.29) is 0 Å². The Kier molecular flexibility index (Phi) is 3.05. The molecule has 2 N–H and O–H groups in total. The Morgan fingerprint density at radius 3 is 2.40 bits per heavy atom. The fourth-order valence-electron chi connectivity index (χ4n) is 1.92. The maximum absolute atomic E-state index is 10.4. The first kappa shape index (κ1) is 10.6. The van der Waals surface area contributed by atoms with Crippen LogP contribution in [0.4, 0.5) is 0 Å². The standard InChI is InChI=1S/C12H17N2O/c1-12(15,11-5-3-2-4-6-11)14-9-7-13-8-10-14/h2-6,13,15H,1,7-10H2. The summed E-state index contributed by atoms with van der Waals surface area (Å²) in [6.07, 6.45) is 0. The highest BCUT2D eigenvalue weighted by Gasteiger charge is 2.31. The quantitative estimate of drug-likeness (QED) is 0.741. The number of hydrogen-bond acceptors (Lipinski definition) is 3. The molecule has 0 bridgehead atoms. The lowest BCUT2D eigenvalue weighted by Crippen LogP contribution is -2.53. The predicted molar refractivity (Wildman–Crippen MR) is 60.1 cm³/mol. The molecule has 1 aromatic rings. The van der Waals surface area contributed by atoms with Crippen molar-refractivity contribution in [1.82, 2.24) is 10.2 Å². The van der Waals surface area contributed by atoms with Gasteiger partial charge < -0.3 is 10.4 Å². The van der Waals surface area contributed by atoms with Crippen LogP contribution in [0.3, 0.4) is 0 Å². The summed E-state index contributed by atoms with van der Waals surface area (Å²) >= 11 is 0. The van der Waals surface area contributed by atoms with Crippen LogP contribution in [0.1, 0.15) is 5.56 Å². The van der Waals surface area contributed by atoms with Crippen molar-refractivity contribution in [3.05, 3.63) is 42.8 Å². The third-order valence-electron chi connectivity index (χ3n) is 2.88. The molecule has 1 heterocycles. The van der Waals surface area contributed by atoms with Gasteiger partial charge in [0.25, 0.3) is 0 Å². The summed E-state index contributed by atoms with van der Waals surface area (Å²) in [6, 6.07) is 9.61. The molecule has 81 valence electrons. The van der Waals surface area contributed by atoms with Gasteiger partial charge in [0.15, 0.2) is 0 Å².